The average Bonchev–Trinajstić information content (AvgIpc) is 2.17. The number of hydrogen-bond acceptors (Lipinski definition) is 3. The normalized spacial score (nSPS) is 20.4. The van der Waals surface area contributed by atoms with Gasteiger partial charge in [0.1, 0.15) is 5.02 Å². The van der Waals surface area contributed by atoms with Crippen LogP contribution < -0.4 is 4.74 Å². The maximum Gasteiger partial charge on any atom is 0.232 e. The highest BCUT2D eigenvalue weighted by Gasteiger charge is 2.21. The number of aryl methyl sites for hydroxylation is 1. The highest BCUT2D eigenvalue weighted by atomic mass is 35.5. The van der Waals surface area contributed by atoms with Gasteiger partial charge in [0.05, 0.1) is 18.9 Å². The largest absolute Gasteiger partial charge is 0.480 e. The molecule has 1 aromatic heterocycles. The topological polar surface area (TPSA) is 42.4 Å². The predicted molar refractivity (Wildman–Crippen MR) is 53.7 cm³/mol. The van der Waals surface area contributed by atoms with Crippen molar-refractivity contribution in [1.82, 2.24) is 4.98 Å². The van der Waals surface area contributed by atoms with Crippen LogP contribution in [-0.4, -0.2) is 17.2 Å². The van der Waals surface area contributed by atoms with Crippen molar-refractivity contribution in [2.45, 2.75) is 25.4 Å². The highest BCUT2D eigenvalue weighted by Crippen LogP contribution is 2.33. The van der Waals surface area contributed by atoms with Crippen molar-refractivity contribution in [2.75, 3.05) is 7.11 Å². The summed E-state index contributed by atoms with van der Waals surface area (Å²) in [4.78, 5) is 4.21. The average molecular weight is 214 g/mol. The van der Waals surface area contributed by atoms with Crippen LogP contribution in [0.3, 0.4) is 0 Å². The molecule has 0 saturated heterocycles. The molecule has 1 aliphatic carbocycles. The van der Waals surface area contributed by atoms with E-state index in [9.17, 15) is 5.11 Å². The lowest BCUT2D eigenvalue weighted by molar-refractivity contribution is 0.150. The summed E-state index contributed by atoms with van der Waals surface area (Å²) in [6.45, 7) is 0. The van der Waals surface area contributed by atoms with Crippen LogP contribution in [0.5, 0.6) is 5.88 Å². The fraction of sp³-hybridized carbons (Fsp3) is 0.500. The Kier molecular flexibility index (Phi) is 2.61. The Labute approximate surface area is 87.7 Å². The fourth-order valence-corrected chi connectivity index (χ4v) is 2.03. The second-order valence-corrected chi connectivity index (χ2v) is 3.84. The molecule has 76 valence electrons. The first-order valence-corrected chi connectivity index (χ1v) is 5.01. The van der Waals surface area contributed by atoms with Gasteiger partial charge in [0.15, 0.2) is 0 Å². The number of aliphatic hydroxyl groups is 1. The van der Waals surface area contributed by atoms with Crippen LogP contribution in [0.1, 0.15) is 30.2 Å². The molecule has 1 unspecified atom stereocenters. The van der Waals surface area contributed by atoms with Gasteiger partial charge in [-0.2, -0.15) is 0 Å². The lowest BCUT2D eigenvalue weighted by Gasteiger charge is -2.20. The zero-order chi connectivity index (χ0) is 10.1. The summed E-state index contributed by atoms with van der Waals surface area (Å²) in [5, 5.41) is 10.2. The van der Waals surface area contributed by atoms with Crippen molar-refractivity contribution in [3.8, 4) is 5.88 Å². The van der Waals surface area contributed by atoms with E-state index in [-0.39, 0.29) is 0 Å². The Morgan fingerprint density at radius 2 is 2.43 bits per heavy atom. The first kappa shape index (κ1) is 9.74. The van der Waals surface area contributed by atoms with Crippen molar-refractivity contribution in [2.24, 2.45) is 0 Å². The molecular weight excluding hydrogens is 202 g/mol. The number of ether oxygens (including phenoxy) is 1. The van der Waals surface area contributed by atoms with Crippen LogP contribution in [0.15, 0.2) is 6.07 Å². The summed E-state index contributed by atoms with van der Waals surface area (Å²) in [6, 6.07) is 1.84. The van der Waals surface area contributed by atoms with E-state index < -0.39 is 6.10 Å². The third kappa shape index (κ3) is 1.57. The fourth-order valence-electron chi connectivity index (χ4n) is 1.78. The lowest BCUT2D eigenvalue weighted by Crippen LogP contribution is -2.12. The van der Waals surface area contributed by atoms with E-state index in [4.69, 9.17) is 16.3 Å². The maximum atomic E-state index is 9.71. The quantitative estimate of drug-likeness (QED) is 0.777. The van der Waals surface area contributed by atoms with Gasteiger partial charge in [0, 0.05) is 0 Å². The summed E-state index contributed by atoms with van der Waals surface area (Å²) in [5.74, 6) is 0.395. The number of methoxy groups -OCH3 is 1. The van der Waals surface area contributed by atoms with E-state index in [0.717, 1.165) is 30.5 Å². The van der Waals surface area contributed by atoms with Gasteiger partial charge in [-0.1, -0.05) is 11.6 Å². The van der Waals surface area contributed by atoms with Crippen LogP contribution in [0.25, 0.3) is 0 Å². The number of fused-ring (bicyclic) bond motifs is 1. The number of hydrogen-bond donors (Lipinski definition) is 1. The zero-order valence-corrected chi connectivity index (χ0v) is 8.71. The molecule has 0 aliphatic heterocycles. The summed E-state index contributed by atoms with van der Waals surface area (Å²) < 4.78 is 5.01. The molecular formula is C10H12ClNO2. The van der Waals surface area contributed by atoms with Crippen LogP contribution in [-0.2, 0) is 6.42 Å². The van der Waals surface area contributed by atoms with E-state index in [2.05, 4.69) is 4.98 Å². The van der Waals surface area contributed by atoms with Crippen LogP contribution in [0, 0.1) is 0 Å². The minimum absolute atomic E-state index is 0.395. The van der Waals surface area contributed by atoms with Gasteiger partial charge in [-0.25, -0.2) is 4.98 Å². The molecule has 1 heterocycles. The lowest BCUT2D eigenvalue weighted by atomic mass is 9.94. The number of rotatable bonds is 1. The van der Waals surface area contributed by atoms with Gasteiger partial charge in [0.2, 0.25) is 5.88 Å². The minimum atomic E-state index is -0.468. The second-order valence-electron chi connectivity index (χ2n) is 3.43. The Bertz CT molecular complexity index is 354. The summed E-state index contributed by atoms with van der Waals surface area (Å²) >= 11 is 5.94. The van der Waals surface area contributed by atoms with Crippen LogP contribution in [0.4, 0.5) is 0 Å². The summed E-state index contributed by atoms with van der Waals surface area (Å²) in [5.41, 5.74) is 1.76. The van der Waals surface area contributed by atoms with Gasteiger partial charge in [-0.3, -0.25) is 0 Å². The molecule has 3 nitrogen and oxygen atoms in total. The Balaban J connectivity index is 2.49. The molecule has 0 amide bonds. The van der Waals surface area contributed by atoms with Crippen LogP contribution >= 0.6 is 11.6 Å². The maximum absolute atomic E-state index is 9.71. The SMILES string of the molecule is COc1nc2c(cc1Cl)CCCC2O. The van der Waals surface area contributed by atoms with E-state index in [1.165, 1.54) is 7.11 Å². The van der Waals surface area contributed by atoms with Crippen molar-refractivity contribution < 1.29 is 9.84 Å². The van der Waals surface area contributed by atoms with Crippen molar-refractivity contribution >= 4 is 11.6 Å². The van der Waals surface area contributed by atoms with Gasteiger partial charge >= 0.3 is 0 Å². The number of pyridine rings is 1. The number of halogens is 1. The molecule has 0 fully saturated rings. The second kappa shape index (κ2) is 3.75. The molecule has 4 heteroatoms. The van der Waals surface area contributed by atoms with Gasteiger partial charge < -0.3 is 9.84 Å². The smallest absolute Gasteiger partial charge is 0.232 e. The molecule has 14 heavy (non-hydrogen) atoms. The van der Waals surface area contributed by atoms with Crippen LogP contribution in [0.2, 0.25) is 5.02 Å². The van der Waals surface area contributed by atoms with E-state index in [1.54, 1.807) is 0 Å². The van der Waals surface area contributed by atoms with Gasteiger partial charge in [-0.05, 0) is 30.9 Å². The van der Waals surface area contributed by atoms with Crippen molar-refractivity contribution in [3.05, 3.63) is 22.3 Å². The van der Waals surface area contributed by atoms with E-state index >= 15 is 0 Å². The molecule has 1 aliphatic rings. The van der Waals surface area contributed by atoms with Crippen molar-refractivity contribution in [1.29, 1.82) is 0 Å². The molecule has 0 spiro atoms. The van der Waals surface area contributed by atoms with Crippen molar-refractivity contribution in [3.63, 3.8) is 0 Å². The molecule has 1 N–H and O–H groups in total. The first-order chi connectivity index (χ1) is 6.72. The number of nitrogens with zero attached hydrogens (tertiary/aromatic N) is 1. The Morgan fingerprint density at radius 3 is 3.14 bits per heavy atom. The predicted octanol–water partition coefficient (Wildman–Crippen LogP) is 2.11. The number of aliphatic hydroxyl groups excluding tert-OH is 1. The summed E-state index contributed by atoms with van der Waals surface area (Å²) in [6.07, 6.45) is 2.22. The van der Waals surface area contributed by atoms with E-state index in [0.29, 0.717) is 10.9 Å². The molecule has 0 radical (unpaired) electrons. The first-order valence-electron chi connectivity index (χ1n) is 4.63. The molecule has 1 aromatic rings. The standard InChI is InChI=1S/C10H12ClNO2/c1-14-10-7(11)5-6-3-2-4-8(13)9(6)12-10/h5,8,13H,2-4H2,1H3. The van der Waals surface area contributed by atoms with Gasteiger partial charge in [-0.15, -0.1) is 0 Å². The Morgan fingerprint density at radius 1 is 1.64 bits per heavy atom. The van der Waals surface area contributed by atoms with E-state index in [1.807, 2.05) is 6.07 Å². The molecule has 0 aromatic carbocycles. The Hall–Kier alpha value is -0.800. The number of aromatic nitrogens is 1. The third-order valence-corrected chi connectivity index (χ3v) is 2.76. The summed E-state index contributed by atoms with van der Waals surface area (Å²) in [7, 11) is 1.52. The molecule has 0 bridgehead atoms. The highest BCUT2D eigenvalue weighted by molar-refractivity contribution is 6.31. The van der Waals surface area contributed by atoms with Gasteiger partial charge in [0.25, 0.3) is 0 Å². The molecule has 1 atom stereocenters. The molecule has 2 rings (SSSR count). The molecule has 0 saturated carbocycles. The third-order valence-electron chi connectivity index (χ3n) is 2.49. The zero-order valence-electron chi connectivity index (χ0n) is 7.96. The monoisotopic (exact) mass is 213 g/mol. The minimum Gasteiger partial charge on any atom is -0.480 e.